The molecular formula is C15H18O2. The lowest BCUT2D eigenvalue weighted by Crippen LogP contribution is -2.07. The van der Waals surface area contributed by atoms with Crippen LogP contribution in [0.3, 0.4) is 0 Å². The Bertz CT molecular complexity index is 429. The maximum absolute atomic E-state index is 5.63. The minimum atomic E-state index is 0.640. The van der Waals surface area contributed by atoms with Gasteiger partial charge in [-0.15, -0.1) is 0 Å². The molecule has 1 heterocycles. The van der Waals surface area contributed by atoms with Crippen LogP contribution in [0.25, 0.3) is 0 Å². The van der Waals surface area contributed by atoms with Crippen molar-refractivity contribution in [3.05, 3.63) is 59.2 Å². The molecule has 0 radical (unpaired) electrons. The molecule has 90 valence electrons. The van der Waals surface area contributed by atoms with E-state index >= 15 is 0 Å². The predicted molar refractivity (Wildman–Crippen MR) is 68.3 cm³/mol. The molecule has 0 amide bonds. The molecule has 0 N–H and O–H groups in total. The average molecular weight is 230 g/mol. The third kappa shape index (κ3) is 3.13. The summed E-state index contributed by atoms with van der Waals surface area (Å²) in [5, 5.41) is 0. The molecule has 2 rings (SSSR count). The molecule has 0 aliphatic carbocycles. The zero-order valence-corrected chi connectivity index (χ0v) is 10.4. The van der Waals surface area contributed by atoms with Gasteiger partial charge in [0, 0.05) is 12.0 Å². The first-order valence-electron chi connectivity index (χ1n) is 6.03. The van der Waals surface area contributed by atoms with E-state index in [0.717, 1.165) is 18.6 Å². The molecule has 0 atom stereocenters. The Morgan fingerprint density at radius 2 is 2.00 bits per heavy atom. The number of allylic oxidation sites excluding steroid dienone is 3. The summed E-state index contributed by atoms with van der Waals surface area (Å²) >= 11 is 0. The number of ether oxygens (including phenoxy) is 2. The van der Waals surface area contributed by atoms with Crippen LogP contribution in [0, 0.1) is 0 Å². The van der Waals surface area contributed by atoms with Crippen molar-refractivity contribution in [3.63, 3.8) is 0 Å². The molecule has 0 unspecified atom stereocenters. The van der Waals surface area contributed by atoms with E-state index in [1.165, 1.54) is 11.1 Å². The van der Waals surface area contributed by atoms with E-state index in [9.17, 15) is 0 Å². The lowest BCUT2D eigenvalue weighted by Gasteiger charge is -2.19. The van der Waals surface area contributed by atoms with E-state index in [1.807, 2.05) is 19.9 Å². The molecule has 0 saturated heterocycles. The lowest BCUT2D eigenvalue weighted by molar-refractivity contribution is 0.0673. The van der Waals surface area contributed by atoms with Crippen LogP contribution in [-0.2, 0) is 15.9 Å². The van der Waals surface area contributed by atoms with Crippen LogP contribution in [0.4, 0.5) is 0 Å². The summed E-state index contributed by atoms with van der Waals surface area (Å²) in [6, 6.07) is 10.4. The summed E-state index contributed by atoms with van der Waals surface area (Å²) in [4.78, 5) is 0. The molecule has 0 fully saturated rings. The van der Waals surface area contributed by atoms with Gasteiger partial charge in [0.1, 0.15) is 5.76 Å². The molecule has 1 aromatic carbocycles. The van der Waals surface area contributed by atoms with Gasteiger partial charge in [-0.1, -0.05) is 30.3 Å². The zero-order chi connectivity index (χ0) is 12.1. The highest BCUT2D eigenvalue weighted by atomic mass is 16.7. The first-order chi connectivity index (χ1) is 8.29. The van der Waals surface area contributed by atoms with E-state index in [2.05, 4.69) is 30.3 Å². The predicted octanol–water partition coefficient (Wildman–Crippen LogP) is 3.80. The van der Waals surface area contributed by atoms with E-state index in [1.54, 1.807) is 0 Å². The van der Waals surface area contributed by atoms with Crippen molar-refractivity contribution in [2.45, 2.75) is 26.7 Å². The highest BCUT2D eigenvalue weighted by Crippen LogP contribution is 2.25. The van der Waals surface area contributed by atoms with Crippen molar-refractivity contribution in [1.82, 2.24) is 0 Å². The average Bonchev–Trinajstić information content (AvgIpc) is 2.34. The Hall–Kier alpha value is -1.70. The van der Waals surface area contributed by atoms with Gasteiger partial charge in [0.05, 0.1) is 6.61 Å². The van der Waals surface area contributed by atoms with E-state index < -0.39 is 0 Å². The molecule has 1 aliphatic heterocycles. The number of benzene rings is 1. The summed E-state index contributed by atoms with van der Waals surface area (Å²) < 4.78 is 11.2. The van der Waals surface area contributed by atoms with E-state index in [0.29, 0.717) is 12.6 Å². The summed E-state index contributed by atoms with van der Waals surface area (Å²) in [6.45, 7) is 4.57. The third-order valence-electron chi connectivity index (χ3n) is 2.71. The van der Waals surface area contributed by atoms with Gasteiger partial charge in [0.2, 0.25) is 0 Å². The Balaban J connectivity index is 2.14. The number of hydrogen-bond acceptors (Lipinski definition) is 2. The van der Waals surface area contributed by atoms with Crippen LogP contribution in [-0.4, -0.2) is 6.61 Å². The van der Waals surface area contributed by atoms with Gasteiger partial charge in [-0.25, -0.2) is 0 Å². The highest BCUT2D eigenvalue weighted by Gasteiger charge is 2.15. The topological polar surface area (TPSA) is 18.5 Å². The summed E-state index contributed by atoms with van der Waals surface area (Å²) in [7, 11) is 0. The first-order valence-corrected chi connectivity index (χ1v) is 6.03. The van der Waals surface area contributed by atoms with Gasteiger partial charge >= 0.3 is 0 Å². The largest absolute Gasteiger partial charge is 0.465 e. The second-order valence-electron chi connectivity index (χ2n) is 4.11. The Labute approximate surface area is 103 Å². The van der Waals surface area contributed by atoms with Crippen LogP contribution in [0.5, 0.6) is 0 Å². The van der Waals surface area contributed by atoms with Crippen LogP contribution < -0.4 is 0 Å². The van der Waals surface area contributed by atoms with Crippen LogP contribution >= 0.6 is 0 Å². The lowest BCUT2D eigenvalue weighted by atomic mass is 10.0. The van der Waals surface area contributed by atoms with Gasteiger partial charge in [-0.3, -0.25) is 0 Å². The molecular weight excluding hydrogens is 212 g/mol. The van der Waals surface area contributed by atoms with Gasteiger partial charge in [-0.2, -0.15) is 0 Å². The molecule has 1 aliphatic rings. The standard InChI is InChI=1S/C15H18O2/c1-3-16-15-14(10-9-12(2)17-15)11-13-7-5-4-6-8-13/h4-9H,3,10-11H2,1-2H3. The van der Waals surface area contributed by atoms with Crippen molar-refractivity contribution < 1.29 is 9.47 Å². The fraction of sp³-hybridized carbons (Fsp3) is 0.333. The second kappa shape index (κ2) is 5.58. The van der Waals surface area contributed by atoms with Crippen molar-refractivity contribution in [2.75, 3.05) is 6.61 Å². The van der Waals surface area contributed by atoms with Crippen LogP contribution in [0.15, 0.2) is 53.7 Å². The monoisotopic (exact) mass is 230 g/mol. The van der Waals surface area contributed by atoms with Crippen LogP contribution in [0.1, 0.15) is 25.8 Å². The fourth-order valence-corrected chi connectivity index (χ4v) is 1.86. The molecule has 2 nitrogen and oxygen atoms in total. The molecule has 1 aromatic rings. The summed E-state index contributed by atoms with van der Waals surface area (Å²) in [5.41, 5.74) is 2.50. The number of rotatable bonds is 4. The van der Waals surface area contributed by atoms with Gasteiger partial charge in [0.15, 0.2) is 0 Å². The highest BCUT2D eigenvalue weighted by molar-refractivity contribution is 5.26. The zero-order valence-electron chi connectivity index (χ0n) is 10.4. The number of hydrogen-bond donors (Lipinski definition) is 0. The fourth-order valence-electron chi connectivity index (χ4n) is 1.86. The second-order valence-corrected chi connectivity index (χ2v) is 4.11. The Kier molecular flexibility index (Phi) is 3.86. The summed E-state index contributed by atoms with van der Waals surface area (Å²) in [5.74, 6) is 1.61. The van der Waals surface area contributed by atoms with Crippen LogP contribution in [0.2, 0.25) is 0 Å². The van der Waals surface area contributed by atoms with Gasteiger partial charge < -0.3 is 9.47 Å². The molecule has 2 heteroatoms. The molecule has 0 spiro atoms. The minimum absolute atomic E-state index is 0.640. The van der Waals surface area contributed by atoms with E-state index in [-0.39, 0.29) is 0 Å². The molecule has 0 saturated carbocycles. The maximum atomic E-state index is 5.63. The molecule has 0 aromatic heterocycles. The Morgan fingerprint density at radius 3 is 2.71 bits per heavy atom. The van der Waals surface area contributed by atoms with Gasteiger partial charge in [0.25, 0.3) is 5.95 Å². The van der Waals surface area contributed by atoms with Gasteiger partial charge in [-0.05, 0) is 31.9 Å². The Morgan fingerprint density at radius 1 is 1.24 bits per heavy atom. The quantitative estimate of drug-likeness (QED) is 0.783. The van der Waals surface area contributed by atoms with Crippen molar-refractivity contribution in [2.24, 2.45) is 0 Å². The van der Waals surface area contributed by atoms with E-state index in [4.69, 9.17) is 9.47 Å². The normalized spacial score (nSPS) is 15.3. The third-order valence-corrected chi connectivity index (χ3v) is 2.71. The summed E-state index contributed by atoms with van der Waals surface area (Å²) in [6.07, 6.45) is 3.90. The SMILES string of the molecule is CCOC1=C(Cc2ccccc2)CC=C(C)O1. The first kappa shape index (κ1) is 11.8. The van der Waals surface area contributed by atoms with Crippen molar-refractivity contribution in [1.29, 1.82) is 0 Å². The smallest absolute Gasteiger partial charge is 0.284 e. The maximum Gasteiger partial charge on any atom is 0.284 e. The minimum Gasteiger partial charge on any atom is -0.465 e. The van der Waals surface area contributed by atoms with Crippen molar-refractivity contribution in [3.8, 4) is 0 Å². The molecule has 17 heavy (non-hydrogen) atoms. The van der Waals surface area contributed by atoms with Crippen molar-refractivity contribution >= 4 is 0 Å². The molecule has 0 bridgehead atoms.